The number of carbonyl (C=O) groups excluding carboxylic acids is 4. The van der Waals surface area contributed by atoms with Crippen LogP contribution >= 0.6 is 0 Å². The van der Waals surface area contributed by atoms with Crippen molar-refractivity contribution in [3.8, 4) is 5.75 Å². The Labute approximate surface area is 148 Å². The van der Waals surface area contributed by atoms with Gasteiger partial charge in [0.2, 0.25) is 0 Å². The number of aromatic carboxylic acids is 2. The van der Waals surface area contributed by atoms with Crippen molar-refractivity contribution in [1.29, 1.82) is 0 Å². The summed E-state index contributed by atoms with van der Waals surface area (Å²) < 4.78 is 4.99. The fourth-order valence-electron chi connectivity index (χ4n) is 2.02. The van der Waals surface area contributed by atoms with Crippen LogP contribution in [0.5, 0.6) is 5.75 Å². The molecule has 0 atom stereocenters. The van der Waals surface area contributed by atoms with Gasteiger partial charge in [-0.1, -0.05) is 6.92 Å². The van der Waals surface area contributed by atoms with Crippen LogP contribution in [0.2, 0.25) is 0 Å². The van der Waals surface area contributed by atoms with Gasteiger partial charge in [-0.15, -0.1) is 0 Å². The van der Waals surface area contributed by atoms with Gasteiger partial charge in [-0.3, -0.25) is 9.59 Å². The lowest BCUT2D eigenvalue weighted by atomic mass is 10.1. The minimum atomic E-state index is -1.59. The third kappa shape index (κ3) is 4.67. The molecule has 8 nitrogen and oxygen atoms in total. The molecule has 0 heterocycles. The van der Waals surface area contributed by atoms with Gasteiger partial charge in [0.1, 0.15) is 5.75 Å². The number of carboxylic acid groups (broad SMARTS) is 2. The van der Waals surface area contributed by atoms with Crippen molar-refractivity contribution < 1.29 is 34.1 Å². The average molecular weight is 355 g/mol. The zero-order chi connectivity index (χ0) is 19.3. The number of amides is 1. The molecule has 0 saturated carbocycles. The summed E-state index contributed by atoms with van der Waals surface area (Å²) in [4.78, 5) is 45.3. The summed E-state index contributed by atoms with van der Waals surface area (Å²) >= 11 is 0. The Bertz CT molecular complexity index is 839. The van der Waals surface area contributed by atoms with E-state index in [2.05, 4.69) is 5.32 Å². The lowest BCUT2D eigenvalue weighted by Gasteiger charge is -2.12. The Morgan fingerprint density at radius 1 is 0.885 bits per heavy atom. The zero-order valence-electron chi connectivity index (χ0n) is 13.6. The molecule has 0 aromatic heterocycles. The molecule has 1 amide bonds. The van der Waals surface area contributed by atoms with Crippen molar-refractivity contribution in [2.75, 3.05) is 5.32 Å². The highest BCUT2D eigenvalue weighted by atomic mass is 16.5. The second kappa shape index (κ2) is 7.93. The third-order valence-electron chi connectivity index (χ3n) is 3.30. The van der Waals surface area contributed by atoms with Gasteiger partial charge in [0, 0.05) is 17.7 Å². The molecule has 8 heteroatoms. The topological polar surface area (TPSA) is 136 Å². The molecule has 0 spiro atoms. The first-order chi connectivity index (χ1) is 12.3. The fraction of sp³-hybridized carbons (Fsp3) is 0.111. The number of esters is 1. The summed E-state index contributed by atoms with van der Waals surface area (Å²) in [5.41, 5.74) is -0.680. The number of hydrogen-bond acceptors (Lipinski definition) is 7. The summed E-state index contributed by atoms with van der Waals surface area (Å²) in [5.74, 6) is -3.95. The number of nitrogens with one attached hydrogen (secondary N) is 1. The van der Waals surface area contributed by atoms with E-state index in [1.54, 1.807) is 6.92 Å². The predicted octanol–water partition coefficient (Wildman–Crippen LogP) is -0.0187. The van der Waals surface area contributed by atoms with Crippen LogP contribution in [-0.2, 0) is 4.79 Å². The Kier molecular flexibility index (Phi) is 5.69. The van der Waals surface area contributed by atoms with E-state index in [0.717, 1.165) is 18.2 Å². The summed E-state index contributed by atoms with van der Waals surface area (Å²) in [6, 6.07) is 8.65. The second-order valence-electron chi connectivity index (χ2n) is 5.18. The van der Waals surface area contributed by atoms with Crippen molar-refractivity contribution in [2.24, 2.45) is 0 Å². The van der Waals surface area contributed by atoms with Crippen LogP contribution in [0.3, 0.4) is 0 Å². The van der Waals surface area contributed by atoms with Crippen molar-refractivity contribution in [2.45, 2.75) is 13.3 Å². The number of anilines is 1. The second-order valence-corrected chi connectivity index (χ2v) is 5.18. The van der Waals surface area contributed by atoms with Crippen LogP contribution in [0.4, 0.5) is 5.69 Å². The Hall–Kier alpha value is -3.68. The maximum Gasteiger partial charge on any atom is 0.310 e. The standard InChI is InChI=1S/C18H15NO7/c1-2-15(20)26-14-5-3-10(4-6-14)16(21)19-13-8-11(17(22)23)7-12(9-13)18(24)25/h3-9H,2H2,1H3,(H,19,21)(H,22,23)(H,24,25)/p-2. The SMILES string of the molecule is CCC(=O)Oc1ccc(C(=O)Nc2cc(C(=O)[O-])cc(C(=O)[O-])c2)cc1. The van der Waals surface area contributed by atoms with Gasteiger partial charge >= 0.3 is 5.97 Å². The van der Waals surface area contributed by atoms with E-state index in [9.17, 15) is 29.4 Å². The highest BCUT2D eigenvalue weighted by Crippen LogP contribution is 2.17. The van der Waals surface area contributed by atoms with E-state index in [4.69, 9.17) is 4.74 Å². The fourth-order valence-corrected chi connectivity index (χ4v) is 2.02. The Balaban J connectivity index is 2.20. The van der Waals surface area contributed by atoms with Gasteiger partial charge in [0.15, 0.2) is 0 Å². The average Bonchev–Trinajstić information content (AvgIpc) is 2.61. The van der Waals surface area contributed by atoms with Gasteiger partial charge in [0.25, 0.3) is 5.91 Å². The van der Waals surface area contributed by atoms with Crippen LogP contribution in [0.25, 0.3) is 0 Å². The molecule has 2 aromatic carbocycles. The molecule has 0 aliphatic carbocycles. The molecule has 0 aliphatic rings. The molecule has 0 saturated heterocycles. The van der Waals surface area contributed by atoms with Crippen LogP contribution < -0.4 is 20.3 Å². The smallest absolute Gasteiger partial charge is 0.310 e. The minimum Gasteiger partial charge on any atom is -0.545 e. The van der Waals surface area contributed by atoms with Gasteiger partial charge < -0.3 is 29.9 Å². The highest BCUT2D eigenvalue weighted by Gasteiger charge is 2.10. The molecule has 0 bridgehead atoms. The molecule has 0 fully saturated rings. The van der Waals surface area contributed by atoms with E-state index in [1.165, 1.54) is 24.3 Å². The number of carboxylic acids is 2. The van der Waals surface area contributed by atoms with Crippen molar-refractivity contribution in [1.82, 2.24) is 0 Å². The first-order valence-electron chi connectivity index (χ1n) is 7.50. The molecule has 1 N–H and O–H groups in total. The molecule has 0 aliphatic heterocycles. The van der Waals surface area contributed by atoms with Crippen LogP contribution in [0.1, 0.15) is 44.4 Å². The molecule has 0 radical (unpaired) electrons. The van der Waals surface area contributed by atoms with E-state index in [1.807, 2.05) is 0 Å². The maximum atomic E-state index is 12.2. The van der Waals surface area contributed by atoms with E-state index < -0.39 is 34.9 Å². The third-order valence-corrected chi connectivity index (χ3v) is 3.30. The van der Waals surface area contributed by atoms with Gasteiger partial charge in [0.05, 0.1) is 11.9 Å². The molecule has 2 aromatic rings. The number of carbonyl (C=O) groups is 4. The van der Waals surface area contributed by atoms with Crippen LogP contribution in [-0.4, -0.2) is 23.8 Å². The van der Waals surface area contributed by atoms with E-state index >= 15 is 0 Å². The molecule has 0 unspecified atom stereocenters. The number of hydrogen-bond donors (Lipinski definition) is 1. The lowest BCUT2D eigenvalue weighted by Crippen LogP contribution is -2.26. The summed E-state index contributed by atoms with van der Waals surface area (Å²) in [6.45, 7) is 1.64. The maximum absolute atomic E-state index is 12.2. The quantitative estimate of drug-likeness (QED) is 0.568. The zero-order valence-corrected chi connectivity index (χ0v) is 13.6. The number of ether oxygens (including phenoxy) is 1. The Morgan fingerprint density at radius 2 is 1.42 bits per heavy atom. The molecule has 2 rings (SSSR count). The summed E-state index contributed by atoms with van der Waals surface area (Å²) in [5, 5.41) is 24.3. The van der Waals surface area contributed by atoms with Gasteiger partial charge in [-0.05, 0) is 53.6 Å². The van der Waals surface area contributed by atoms with E-state index in [0.29, 0.717) is 0 Å². The normalized spacial score (nSPS) is 10.0. The lowest BCUT2D eigenvalue weighted by molar-refractivity contribution is -0.255. The Morgan fingerprint density at radius 3 is 1.88 bits per heavy atom. The molecular weight excluding hydrogens is 342 g/mol. The monoisotopic (exact) mass is 355 g/mol. The van der Waals surface area contributed by atoms with Crippen LogP contribution in [0.15, 0.2) is 42.5 Å². The van der Waals surface area contributed by atoms with Crippen molar-refractivity contribution in [3.63, 3.8) is 0 Å². The minimum absolute atomic E-state index is 0.0441. The summed E-state index contributed by atoms with van der Waals surface area (Å²) in [7, 11) is 0. The number of benzene rings is 2. The van der Waals surface area contributed by atoms with Crippen LogP contribution in [0, 0.1) is 0 Å². The molecule has 26 heavy (non-hydrogen) atoms. The first-order valence-corrected chi connectivity index (χ1v) is 7.50. The van der Waals surface area contributed by atoms with Gasteiger partial charge in [-0.25, -0.2) is 0 Å². The van der Waals surface area contributed by atoms with Crippen molar-refractivity contribution >= 4 is 29.5 Å². The van der Waals surface area contributed by atoms with Gasteiger partial charge in [-0.2, -0.15) is 0 Å². The number of rotatable bonds is 6. The predicted molar refractivity (Wildman–Crippen MR) is 85.4 cm³/mol. The highest BCUT2D eigenvalue weighted by molar-refractivity contribution is 6.05. The first kappa shape index (κ1) is 18.7. The van der Waals surface area contributed by atoms with E-state index in [-0.39, 0.29) is 23.4 Å². The largest absolute Gasteiger partial charge is 0.545 e. The molecular formula is C18H13NO7-2. The van der Waals surface area contributed by atoms with Crippen molar-refractivity contribution in [3.05, 3.63) is 59.2 Å². The summed E-state index contributed by atoms with van der Waals surface area (Å²) in [6.07, 6.45) is 0.206. The molecule has 134 valence electrons.